The van der Waals surface area contributed by atoms with E-state index in [1.54, 1.807) is 18.4 Å². The number of rotatable bonds is 3. The van der Waals surface area contributed by atoms with Crippen LogP contribution in [0.15, 0.2) is 47.1 Å². The maximum atomic E-state index is 5.91. The number of nitrogens with zero attached hydrogens (tertiary/aromatic N) is 5. The summed E-state index contributed by atoms with van der Waals surface area (Å²) in [7, 11) is 0. The van der Waals surface area contributed by atoms with Crippen LogP contribution >= 0.6 is 0 Å². The van der Waals surface area contributed by atoms with E-state index in [-0.39, 0.29) is 17.7 Å². The Morgan fingerprint density at radius 1 is 1.13 bits per heavy atom. The SMILES string of the molecule is Cc1cccc(Oc2nc(N)n3nc(-c4ccco4)nc3n2)c1. The lowest BCUT2D eigenvalue weighted by atomic mass is 10.2. The van der Waals surface area contributed by atoms with Crippen LogP contribution in [0.2, 0.25) is 0 Å². The zero-order valence-electron chi connectivity index (χ0n) is 12.2. The normalized spacial score (nSPS) is 11.0. The second-order valence-electron chi connectivity index (χ2n) is 4.91. The Labute approximate surface area is 130 Å². The first kappa shape index (κ1) is 13.3. The van der Waals surface area contributed by atoms with Crippen LogP contribution < -0.4 is 10.5 Å². The molecule has 4 aromatic rings. The molecule has 0 bridgehead atoms. The van der Waals surface area contributed by atoms with Gasteiger partial charge in [0, 0.05) is 0 Å². The molecule has 8 nitrogen and oxygen atoms in total. The highest BCUT2D eigenvalue weighted by Crippen LogP contribution is 2.22. The van der Waals surface area contributed by atoms with Gasteiger partial charge in [0.15, 0.2) is 5.76 Å². The molecule has 3 heterocycles. The van der Waals surface area contributed by atoms with E-state index >= 15 is 0 Å². The second kappa shape index (κ2) is 5.09. The topological polar surface area (TPSA) is 104 Å². The Morgan fingerprint density at radius 2 is 2.04 bits per heavy atom. The maximum Gasteiger partial charge on any atom is 0.328 e. The van der Waals surface area contributed by atoms with Crippen molar-refractivity contribution < 1.29 is 9.15 Å². The molecule has 1 aromatic carbocycles. The van der Waals surface area contributed by atoms with Crippen LogP contribution in [0.3, 0.4) is 0 Å². The summed E-state index contributed by atoms with van der Waals surface area (Å²) in [6.07, 6.45) is 1.54. The standard InChI is InChI=1S/C15H12N6O2/c1-9-4-2-5-10(8-9)23-15-18-13(16)21-14(19-15)17-12(20-21)11-6-3-7-22-11/h2-8H,1H3,(H2,16,17,18,19,20). The lowest BCUT2D eigenvalue weighted by molar-refractivity contribution is 0.441. The lowest BCUT2D eigenvalue weighted by Crippen LogP contribution is -2.05. The number of hydrogen-bond acceptors (Lipinski definition) is 7. The summed E-state index contributed by atoms with van der Waals surface area (Å²) >= 11 is 0. The molecule has 114 valence electrons. The first-order valence-corrected chi connectivity index (χ1v) is 6.88. The highest BCUT2D eigenvalue weighted by Gasteiger charge is 2.14. The molecule has 0 unspecified atom stereocenters. The second-order valence-corrected chi connectivity index (χ2v) is 4.91. The summed E-state index contributed by atoms with van der Waals surface area (Å²) in [6.45, 7) is 1.97. The van der Waals surface area contributed by atoms with Crippen LogP contribution in [0.1, 0.15) is 5.56 Å². The highest BCUT2D eigenvalue weighted by atomic mass is 16.5. The number of nitrogens with two attached hydrogens (primary N) is 1. The van der Waals surface area contributed by atoms with E-state index in [2.05, 4.69) is 20.1 Å². The Morgan fingerprint density at radius 3 is 2.83 bits per heavy atom. The number of fused-ring (bicyclic) bond motifs is 1. The van der Waals surface area contributed by atoms with Gasteiger partial charge in [0.25, 0.3) is 5.78 Å². The Kier molecular flexibility index (Phi) is 2.94. The molecule has 3 aromatic heterocycles. The molecule has 8 heteroatoms. The largest absolute Gasteiger partial charge is 0.461 e. The quantitative estimate of drug-likeness (QED) is 0.619. The van der Waals surface area contributed by atoms with Crippen LogP contribution in [-0.4, -0.2) is 24.6 Å². The Balaban J connectivity index is 1.74. The molecule has 0 aliphatic heterocycles. The minimum absolute atomic E-state index is 0.110. The molecule has 4 rings (SSSR count). The summed E-state index contributed by atoms with van der Waals surface area (Å²) in [4.78, 5) is 12.6. The van der Waals surface area contributed by atoms with E-state index in [4.69, 9.17) is 14.9 Å². The third-order valence-corrected chi connectivity index (χ3v) is 3.15. The molecule has 0 spiro atoms. The van der Waals surface area contributed by atoms with Crippen molar-refractivity contribution in [2.45, 2.75) is 6.92 Å². The minimum atomic E-state index is 0.110. The van der Waals surface area contributed by atoms with Gasteiger partial charge in [-0.25, -0.2) is 0 Å². The predicted octanol–water partition coefficient (Wildman–Crippen LogP) is 2.46. The van der Waals surface area contributed by atoms with Gasteiger partial charge in [-0.05, 0) is 36.8 Å². The number of benzene rings is 1. The Hall–Kier alpha value is -3.42. The zero-order valence-corrected chi connectivity index (χ0v) is 12.2. The van der Waals surface area contributed by atoms with Crippen molar-refractivity contribution >= 4 is 11.7 Å². The molecular weight excluding hydrogens is 296 g/mol. The smallest absolute Gasteiger partial charge is 0.328 e. The van der Waals surface area contributed by atoms with Crippen LogP contribution in [0.4, 0.5) is 5.95 Å². The van der Waals surface area contributed by atoms with Crippen molar-refractivity contribution in [3.8, 4) is 23.3 Å². The molecule has 0 aliphatic carbocycles. The molecule has 0 aliphatic rings. The fourth-order valence-corrected chi connectivity index (χ4v) is 2.13. The van der Waals surface area contributed by atoms with Crippen molar-refractivity contribution in [3.05, 3.63) is 48.2 Å². The summed E-state index contributed by atoms with van der Waals surface area (Å²) in [5, 5.41) is 4.22. The van der Waals surface area contributed by atoms with E-state index in [0.717, 1.165) is 5.56 Å². The fourth-order valence-electron chi connectivity index (χ4n) is 2.13. The lowest BCUT2D eigenvalue weighted by Gasteiger charge is -2.05. The number of aryl methyl sites for hydroxylation is 1. The van der Waals surface area contributed by atoms with Gasteiger partial charge in [0.2, 0.25) is 11.8 Å². The van der Waals surface area contributed by atoms with E-state index in [0.29, 0.717) is 17.3 Å². The minimum Gasteiger partial charge on any atom is -0.461 e. The molecular formula is C15H12N6O2. The first-order valence-electron chi connectivity index (χ1n) is 6.88. The average molecular weight is 308 g/mol. The molecule has 23 heavy (non-hydrogen) atoms. The van der Waals surface area contributed by atoms with Crippen molar-refractivity contribution in [2.24, 2.45) is 0 Å². The third-order valence-electron chi connectivity index (χ3n) is 3.15. The number of ether oxygens (including phenoxy) is 1. The van der Waals surface area contributed by atoms with Gasteiger partial charge >= 0.3 is 6.01 Å². The van der Waals surface area contributed by atoms with Crippen molar-refractivity contribution in [3.63, 3.8) is 0 Å². The summed E-state index contributed by atoms with van der Waals surface area (Å²) < 4.78 is 12.2. The number of anilines is 1. The van der Waals surface area contributed by atoms with Crippen LogP contribution in [0.25, 0.3) is 17.4 Å². The van der Waals surface area contributed by atoms with Gasteiger partial charge < -0.3 is 14.9 Å². The molecule has 0 fully saturated rings. The fraction of sp³-hybridized carbons (Fsp3) is 0.0667. The number of nitrogen functional groups attached to an aromatic ring is 1. The summed E-state index contributed by atoms with van der Waals surface area (Å²) in [5.41, 5.74) is 6.97. The highest BCUT2D eigenvalue weighted by molar-refractivity contribution is 5.51. The zero-order chi connectivity index (χ0) is 15.8. The molecule has 0 saturated carbocycles. The van der Waals surface area contributed by atoms with Crippen LogP contribution in [-0.2, 0) is 0 Å². The number of aromatic nitrogens is 5. The number of furan rings is 1. The van der Waals surface area contributed by atoms with Gasteiger partial charge in [0.1, 0.15) is 5.75 Å². The van der Waals surface area contributed by atoms with Crippen molar-refractivity contribution in [1.82, 2.24) is 24.6 Å². The van der Waals surface area contributed by atoms with E-state index in [9.17, 15) is 0 Å². The Bertz CT molecular complexity index is 977. The van der Waals surface area contributed by atoms with Gasteiger partial charge in [-0.3, -0.25) is 0 Å². The average Bonchev–Trinajstić information content (AvgIpc) is 3.16. The maximum absolute atomic E-state index is 5.91. The van der Waals surface area contributed by atoms with Crippen molar-refractivity contribution in [2.75, 3.05) is 5.73 Å². The van der Waals surface area contributed by atoms with Crippen molar-refractivity contribution in [1.29, 1.82) is 0 Å². The van der Waals surface area contributed by atoms with Crippen LogP contribution in [0.5, 0.6) is 11.8 Å². The van der Waals surface area contributed by atoms with E-state index in [1.807, 2.05) is 31.2 Å². The predicted molar refractivity (Wildman–Crippen MR) is 81.9 cm³/mol. The molecule has 2 N–H and O–H groups in total. The van der Waals surface area contributed by atoms with Gasteiger partial charge in [0.05, 0.1) is 6.26 Å². The number of hydrogen-bond donors (Lipinski definition) is 1. The summed E-state index contributed by atoms with van der Waals surface area (Å²) in [6, 6.07) is 11.2. The molecule has 0 radical (unpaired) electrons. The molecule has 0 amide bonds. The molecule has 0 saturated heterocycles. The van der Waals surface area contributed by atoms with Crippen LogP contribution in [0, 0.1) is 6.92 Å². The van der Waals surface area contributed by atoms with Gasteiger partial charge in [-0.15, -0.1) is 5.10 Å². The third kappa shape index (κ3) is 2.46. The summed E-state index contributed by atoms with van der Waals surface area (Å²) in [5.74, 6) is 1.94. The van der Waals surface area contributed by atoms with E-state index < -0.39 is 0 Å². The monoisotopic (exact) mass is 308 g/mol. The first-order chi connectivity index (χ1) is 11.2. The van der Waals surface area contributed by atoms with Gasteiger partial charge in [-0.1, -0.05) is 12.1 Å². The van der Waals surface area contributed by atoms with Gasteiger partial charge in [-0.2, -0.15) is 19.5 Å². The molecule has 0 atom stereocenters. The van der Waals surface area contributed by atoms with E-state index in [1.165, 1.54) is 4.52 Å².